The Bertz CT molecular complexity index is 1540. The maximum atomic E-state index is 13.7. The lowest BCUT2D eigenvalue weighted by Gasteiger charge is -2.23. The van der Waals surface area contributed by atoms with Crippen LogP contribution in [0, 0.1) is 0 Å². The fraction of sp³-hybridized carbons (Fsp3) is 0.286. The van der Waals surface area contributed by atoms with Gasteiger partial charge in [-0.3, -0.25) is 4.79 Å². The predicted molar refractivity (Wildman–Crippen MR) is 144 cm³/mol. The van der Waals surface area contributed by atoms with E-state index in [1.165, 1.54) is 18.0 Å². The van der Waals surface area contributed by atoms with Crippen molar-refractivity contribution in [1.29, 1.82) is 0 Å². The summed E-state index contributed by atoms with van der Waals surface area (Å²) in [5, 5.41) is 16.3. The summed E-state index contributed by atoms with van der Waals surface area (Å²) in [6.45, 7) is 1.48. The molecule has 1 aliphatic rings. The number of hydrogen-bond donors (Lipinski definition) is 1. The Balaban J connectivity index is 1.69. The molecule has 1 saturated carbocycles. The molecule has 0 aliphatic heterocycles. The number of nitrogens with zero attached hydrogens (tertiary/aromatic N) is 3. The Morgan fingerprint density at radius 1 is 1.14 bits per heavy atom. The highest BCUT2D eigenvalue weighted by atomic mass is 79.9. The number of carbonyl (C=O) groups is 1. The highest BCUT2D eigenvalue weighted by Crippen LogP contribution is 2.32. The lowest BCUT2D eigenvalue weighted by atomic mass is 9.88. The Hall–Kier alpha value is -3.52. The van der Waals surface area contributed by atoms with Crippen LogP contribution in [0.3, 0.4) is 0 Å². The highest BCUT2D eigenvalue weighted by molar-refractivity contribution is 9.10. The monoisotopic (exact) mass is 547 g/mol. The molecule has 0 saturated heterocycles. The van der Waals surface area contributed by atoms with Crippen molar-refractivity contribution in [3.05, 3.63) is 80.8 Å². The largest absolute Gasteiger partial charge is 0.479 e. The molecule has 1 aromatic heterocycles. The second-order valence-corrected chi connectivity index (χ2v) is 10.0. The van der Waals surface area contributed by atoms with Crippen LogP contribution in [-0.2, 0) is 4.79 Å². The molecule has 7 nitrogen and oxygen atoms in total. The van der Waals surface area contributed by atoms with Gasteiger partial charge in [-0.1, -0.05) is 65.5 Å². The molecule has 5 rings (SSSR count). The number of halogens is 1. The topological polar surface area (TPSA) is 93.8 Å². The number of rotatable bonds is 6. The molecular formula is C28H26BrN3O4. The molecule has 0 spiro atoms. The van der Waals surface area contributed by atoms with Crippen molar-refractivity contribution in [2.45, 2.75) is 51.0 Å². The fourth-order valence-electron chi connectivity index (χ4n) is 4.77. The number of fused-ring (bicyclic) bond motifs is 2. The fourth-order valence-corrected chi connectivity index (χ4v) is 5.13. The van der Waals surface area contributed by atoms with Gasteiger partial charge in [0.25, 0.3) is 5.56 Å². The van der Waals surface area contributed by atoms with Gasteiger partial charge < -0.3 is 9.84 Å². The van der Waals surface area contributed by atoms with E-state index in [9.17, 15) is 14.7 Å². The molecule has 1 aliphatic carbocycles. The molecule has 184 valence electrons. The van der Waals surface area contributed by atoms with Gasteiger partial charge in [-0.15, -0.1) is 0 Å². The van der Waals surface area contributed by atoms with Crippen LogP contribution < -0.4 is 10.3 Å². The summed E-state index contributed by atoms with van der Waals surface area (Å²) >= 11 is 3.45. The lowest BCUT2D eigenvalue weighted by Crippen LogP contribution is -2.25. The van der Waals surface area contributed by atoms with E-state index < -0.39 is 12.1 Å². The molecular weight excluding hydrogens is 522 g/mol. The Labute approximate surface area is 216 Å². The summed E-state index contributed by atoms with van der Waals surface area (Å²) in [5.41, 5.74) is 1.02. The number of carboxylic acids is 1. The molecule has 1 N–H and O–H groups in total. The summed E-state index contributed by atoms with van der Waals surface area (Å²) in [6.07, 6.45) is 5.84. The highest BCUT2D eigenvalue weighted by Gasteiger charge is 2.23. The first-order chi connectivity index (χ1) is 17.4. The summed E-state index contributed by atoms with van der Waals surface area (Å²) in [5.74, 6) is 0.126. The van der Waals surface area contributed by atoms with E-state index in [1.807, 2.05) is 42.5 Å². The van der Waals surface area contributed by atoms with E-state index >= 15 is 0 Å². The normalized spacial score (nSPS) is 15.5. The first kappa shape index (κ1) is 24.2. The number of aromatic nitrogens is 2. The van der Waals surface area contributed by atoms with Crippen LogP contribution >= 0.6 is 15.9 Å². The van der Waals surface area contributed by atoms with E-state index in [-0.39, 0.29) is 11.5 Å². The molecule has 4 aromatic rings. The zero-order valence-electron chi connectivity index (χ0n) is 19.9. The summed E-state index contributed by atoms with van der Waals surface area (Å²) in [4.78, 5) is 30.0. The first-order valence-electron chi connectivity index (χ1n) is 12.1. The Morgan fingerprint density at radius 2 is 1.92 bits per heavy atom. The SMILES string of the molecule is C[C@@H](Oc1ccc2ccccc2c1C=Nn1c(C2CCCCC2)nc2ccc(Br)cc2c1=O)C(=O)O. The third-order valence-electron chi connectivity index (χ3n) is 6.69. The lowest BCUT2D eigenvalue weighted by molar-refractivity contribution is -0.144. The number of carboxylic acid groups (broad SMARTS) is 1. The first-order valence-corrected chi connectivity index (χ1v) is 12.9. The molecule has 0 bridgehead atoms. The van der Waals surface area contributed by atoms with Gasteiger partial charge in [-0.05, 0) is 54.8 Å². The molecule has 36 heavy (non-hydrogen) atoms. The quantitative estimate of drug-likeness (QED) is 0.294. The maximum Gasteiger partial charge on any atom is 0.344 e. The standard InChI is InChI=1S/C28H26BrN3O4/c1-17(28(34)35)36-25-14-11-18-7-5-6-10-21(18)23(25)16-30-32-26(19-8-3-2-4-9-19)31-24-13-12-20(29)15-22(24)27(32)33/h5-7,10-17,19H,2-4,8-9H2,1H3,(H,34,35)/t17-/m1/s1. The maximum absolute atomic E-state index is 13.7. The van der Waals surface area contributed by atoms with E-state index in [0.29, 0.717) is 28.0 Å². The number of hydrogen-bond acceptors (Lipinski definition) is 5. The van der Waals surface area contributed by atoms with Crippen LogP contribution in [-0.4, -0.2) is 33.1 Å². The van der Waals surface area contributed by atoms with Gasteiger partial charge >= 0.3 is 5.97 Å². The van der Waals surface area contributed by atoms with Crippen molar-refractivity contribution < 1.29 is 14.6 Å². The van der Waals surface area contributed by atoms with E-state index in [4.69, 9.17) is 9.72 Å². The van der Waals surface area contributed by atoms with Crippen molar-refractivity contribution >= 4 is 49.8 Å². The molecule has 1 heterocycles. The second-order valence-electron chi connectivity index (χ2n) is 9.12. The van der Waals surface area contributed by atoms with Crippen LogP contribution in [0.5, 0.6) is 5.75 Å². The van der Waals surface area contributed by atoms with Gasteiger partial charge in [0.1, 0.15) is 11.6 Å². The predicted octanol–water partition coefficient (Wildman–Crippen LogP) is 6.09. The third kappa shape index (κ3) is 4.78. The molecule has 1 fully saturated rings. The van der Waals surface area contributed by atoms with Gasteiger partial charge in [0.2, 0.25) is 0 Å². The van der Waals surface area contributed by atoms with Crippen molar-refractivity contribution in [3.63, 3.8) is 0 Å². The smallest absolute Gasteiger partial charge is 0.344 e. The van der Waals surface area contributed by atoms with Crippen LogP contribution in [0.4, 0.5) is 0 Å². The van der Waals surface area contributed by atoms with Crippen LogP contribution in [0.2, 0.25) is 0 Å². The van der Waals surface area contributed by atoms with Gasteiger partial charge in [0, 0.05) is 16.0 Å². The van der Waals surface area contributed by atoms with Crippen LogP contribution in [0.1, 0.15) is 56.3 Å². The van der Waals surface area contributed by atoms with Crippen molar-refractivity contribution in [2.24, 2.45) is 5.10 Å². The number of ether oxygens (including phenoxy) is 1. The Kier molecular flexibility index (Phi) is 6.87. The molecule has 0 unspecified atom stereocenters. The summed E-state index contributed by atoms with van der Waals surface area (Å²) in [6, 6.07) is 16.8. The molecule has 0 amide bonds. The molecule has 1 atom stereocenters. The van der Waals surface area contributed by atoms with Crippen molar-refractivity contribution in [2.75, 3.05) is 0 Å². The minimum absolute atomic E-state index is 0.145. The average Bonchev–Trinajstić information content (AvgIpc) is 2.89. The molecule has 0 radical (unpaired) electrons. The number of aliphatic carboxylic acids is 1. The van der Waals surface area contributed by atoms with E-state index in [0.717, 1.165) is 40.9 Å². The summed E-state index contributed by atoms with van der Waals surface area (Å²) in [7, 11) is 0. The zero-order valence-corrected chi connectivity index (χ0v) is 21.4. The average molecular weight is 548 g/mol. The summed E-state index contributed by atoms with van der Waals surface area (Å²) < 4.78 is 7.97. The van der Waals surface area contributed by atoms with Gasteiger partial charge in [0.15, 0.2) is 6.10 Å². The zero-order chi connectivity index (χ0) is 25.2. The second kappa shape index (κ2) is 10.2. The minimum atomic E-state index is -1.06. The van der Waals surface area contributed by atoms with Gasteiger partial charge in [-0.2, -0.15) is 9.78 Å². The van der Waals surface area contributed by atoms with Gasteiger partial charge in [-0.25, -0.2) is 9.78 Å². The van der Waals surface area contributed by atoms with Gasteiger partial charge in [0.05, 0.1) is 17.1 Å². The van der Waals surface area contributed by atoms with Crippen molar-refractivity contribution in [1.82, 2.24) is 9.66 Å². The molecule has 8 heteroatoms. The third-order valence-corrected chi connectivity index (χ3v) is 7.18. The number of benzene rings is 3. The minimum Gasteiger partial charge on any atom is -0.479 e. The van der Waals surface area contributed by atoms with Crippen LogP contribution in [0.25, 0.3) is 21.7 Å². The van der Waals surface area contributed by atoms with Crippen LogP contribution in [0.15, 0.2) is 69.0 Å². The van der Waals surface area contributed by atoms with E-state index in [2.05, 4.69) is 21.0 Å². The van der Waals surface area contributed by atoms with Crippen molar-refractivity contribution in [3.8, 4) is 5.75 Å². The van der Waals surface area contributed by atoms with E-state index in [1.54, 1.807) is 18.3 Å². The molecule has 3 aromatic carbocycles. The Morgan fingerprint density at radius 3 is 2.69 bits per heavy atom.